The second-order valence-electron chi connectivity index (χ2n) is 5.87. The third-order valence-corrected chi connectivity index (χ3v) is 3.85. The number of hydrogen-bond acceptors (Lipinski definition) is 3. The van der Waals surface area contributed by atoms with Crippen LogP contribution in [0.1, 0.15) is 45.5 Å². The summed E-state index contributed by atoms with van der Waals surface area (Å²) in [6, 6.07) is 8.55. The molecule has 4 heteroatoms. The Morgan fingerprint density at radius 1 is 1.40 bits per heavy atom. The van der Waals surface area contributed by atoms with Gasteiger partial charge in [0, 0.05) is 6.04 Å². The molecule has 0 unspecified atom stereocenters. The number of aromatic nitrogens is 2. The molecule has 0 radical (unpaired) electrons. The van der Waals surface area contributed by atoms with Crippen LogP contribution in [0.15, 0.2) is 24.3 Å². The van der Waals surface area contributed by atoms with Crippen LogP contribution in [0.25, 0.3) is 11.0 Å². The molecule has 1 fully saturated rings. The number of ether oxygens (including phenoxy) is 1. The van der Waals surface area contributed by atoms with Gasteiger partial charge in [0.05, 0.1) is 17.6 Å². The van der Waals surface area contributed by atoms with Crippen molar-refractivity contribution in [3.63, 3.8) is 0 Å². The van der Waals surface area contributed by atoms with Gasteiger partial charge < -0.3 is 9.30 Å². The Labute approximate surface area is 118 Å². The highest BCUT2D eigenvalue weighted by atomic mass is 16.5. The molecule has 0 bridgehead atoms. The van der Waals surface area contributed by atoms with Gasteiger partial charge in [-0.1, -0.05) is 12.1 Å². The molecule has 20 heavy (non-hydrogen) atoms. The lowest BCUT2D eigenvalue weighted by atomic mass is 9.92. The molecule has 3 rings (SSSR count). The van der Waals surface area contributed by atoms with E-state index in [4.69, 9.17) is 9.72 Å². The molecule has 0 amide bonds. The monoisotopic (exact) mass is 272 g/mol. The van der Waals surface area contributed by atoms with Gasteiger partial charge in [-0.2, -0.15) is 0 Å². The lowest BCUT2D eigenvalue weighted by Gasteiger charge is -2.23. The van der Waals surface area contributed by atoms with Gasteiger partial charge >= 0.3 is 5.97 Å². The van der Waals surface area contributed by atoms with Crippen molar-refractivity contribution < 1.29 is 9.53 Å². The molecule has 0 N–H and O–H groups in total. The van der Waals surface area contributed by atoms with Gasteiger partial charge in [0.1, 0.15) is 11.2 Å². The van der Waals surface area contributed by atoms with E-state index in [1.807, 2.05) is 39.0 Å². The second kappa shape index (κ2) is 4.62. The third-order valence-electron chi connectivity index (χ3n) is 3.85. The van der Waals surface area contributed by atoms with Crippen molar-refractivity contribution in [2.75, 3.05) is 6.61 Å². The van der Waals surface area contributed by atoms with Gasteiger partial charge in [0.2, 0.25) is 0 Å². The number of carbonyl (C=O) groups excluding carboxylic acids is 1. The predicted octanol–water partition coefficient (Wildman–Crippen LogP) is 3.21. The summed E-state index contributed by atoms with van der Waals surface area (Å²) < 4.78 is 7.45. The van der Waals surface area contributed by atoms with Crippen LogP contribution in [0.4, 0.5) is 0 Å². The van der Waals surface area contributed by atoms with Crippen molar-refractivity contribution >= 4 is 17.0 Å². The number of imidazole rings is 1. The first kappa shape index (κ1) is 13.2. The first-order valence-corrected chi connectivity index (χ1v) is 7.20. The largest absolute Gasteiger partial charge is 0.465 e. The molecular weight excluding hydrogens is 252 g/mol. The lowest BCUT2D eigenvalue weighted by Crippen LogP contribution is -2.34. The van der Waals surface area contributed by atoms with Crippen molar-refractivity contribution in [2.24, 2.45) is 0 Å². The molecule has 0 aliphatic heterocycles. The van der Waals surface area contributed by atoms with E-state index in [1.54, 1.807) is 0 Å². The van der Waals surface area contributed by atoms with E-state index in [-0.39, 0.29) is 5.97 Å². The molecule has 1 aliphatic carbocycles. The van der Waals surface area contributed by atoms with E-state index >= 15 is 0 Å². The smallest absolute Gasteiger partial charge is 0.319 e. The Balaban J connectivity index is 2.15. The van der Waals surface area contributed by atoms with Gasteiger partial charge in [0.25, 0.3) is 0 Å². The zero-order valence-electron chi connectivity index (χ0n) is 12.2. The average molecular weight is 272 g/mol. The zero-order chi connectivity index (χ0) is 14.3. The minimum atomic E-state index is -0.725. The van der Waals surface area contributed by atoms with Crippen molar-refractivity contribution in [3.05, 3.63) is 30.1 Å². The SMILES string of the molecule is CCOC(=O)C(C)(C)c1nc2ccccc2n1C1CC1. The maximum absolute atomic E-state index is 12.3. The van der Waals surface area contributed by atoms with E-state index in [9.17, 15) is 4.79 Å². The Hall–Kier alpha value is -1.84. The first-order valence-electron chi connectivity index (χ1n) is 7.20. The predicted molar refractivity (Wildman–Crippen MR) is 77.7 cm³/mol. The van der Waals surface area contributed by atoms with Crippen molar-refractivity contribution in [2.45, 2.75) is 45.1 Å². The summed E-state index contributed by atoms with van der Waals surface area (Å²) in [5.74, 6) is 0.608. The van der Waals surface area contributed by atoms with E-state index in [0.717, 1.165) is 29.7 Å². The number of rotatable bonds is 4. The summed E-state index contributed by atoms with van der Waals surface area (Å²) in [5.41, 5.74) is 1.34. The molecule has 4 nitrogen and oxygen atoms in total. The first-order chi connectivity index (χ1) is 9.55. The van der Waals surface area contributed by atoms with E-state index in [2.05, 4.69) is 10.6 Å². The standard InChI is InChI=1S/C16H20N2O2/c1-4-20-15(19)16(2,3)14-17-12-7-5-6-8-13(12)18(14)11-9-10-11/h5-8,11H,4,9-10H2,1-3H3. The Morgan fingerprint density at radius 3 is 2.75 bits per heavy atom. The van der Waals surface area contributed by atoms with Crippen LogP contribution < -0.4 is 0 Å². The summed E-state index contributed by atoms with van der Waals surface area (Å²) in [6.07, 6.45) is 2.32. The maximum atomic E-state index is 12.3. The fourth-order valence-corrected chi connectivity index (χ4v) is 2.59. The van der Waals surface area contributed by atoms with Crippen LogP contribution in [0, 0.1) is 0 Å². The fraction of sp³-hybridized carbons (Fsp3) is 0.500. The van der Waals surface area contributed by atoms with Crippen LogP contribution in [-0.4, -0.2) is 22.1 Å². The number of para-hydroxylation sites is 2. The molecule has 0 spiro atoms. The number of esters is 1. The Bertz CT molecular complexity index is 654. The zero-order valence-corrected chi connectivity index (χ0v) is 12.2. The minimum Gasteiger partial charge on any atom is -0.465 e. The average Bonchev–Trinajstić information content (AvgIpc) is 3.18. The van der Waals surface area contributed by atoms with Gasteiger partial charge in [-0.15, -0.1) is 0 Å². The van der Waals surface area contributed by atoms with Crippen LogP contribution in [0.2, 0.25) is 0 Å². The second-order valence-corrected chi connectivity index (χ2v) is 5.87. The highest BCUT2D eigenvalue weighted by Crippen LogP contribution is 2.41. The Kier molecular flexibility index (Phi) is 3.04. The quantitative estimate of drug-likeness (QED) is 0.803. The Morgan fingerprint density at radius 2 is 2.10 bits per heavy atom. The number of carbonyl (C=O) groups is 1. The van der Waals surface area contributed by atoms with Gasteiger partial charge in [0.15, 0.2) is 0 Å². The van der Waals surface area contributed by atoms with Crippen molar-refractivity contribution in [3.8, 4) is 0 Å². The molecule has 1 heterocycles. The summed E-state index contributed by atoms with van der Waals surface area (Å²) >= 11 is 0. The highest BCUT2D eigenvalue weighted by Gasteiger charge is 2.40. The van der Waals surface area contributed by atoms with E-state index in [1.165, 1.54) is 0 Å². The summed E-state index contributed by atoms with van der Waals surface area (Å²) in [6.45, 7) is 6.01. The topological polar surface area (TPSA) is 44.1 Å². The van der Waals surface area contributed by atoms with Gasteiger partial charge in [-0.25, -0.2) is 4.98 Å². The summed E-state index contributed by atoms with van der Waals surface area (Å²) in [4.78, 5) is 17.0. The molecule has 1 aromatic heterocycles. The van der Waals surface area contributed by atoms with Gasteiger partial charge in [-0.3, -0.25) is 4.79 Å². The number of nitrogens with zero attached hydrogens (tertiary/aromatic N) is 2. The van der Waals surface area contributed by atoms with Crippen LogP contribution in [-0.2, 0) is 14.9 Å². The molecule has 106 valence electrons. The molecule has 1 saturated carbocycles. The molecule has 0 saturated heterocycles. The van der Waals surface area contributed by atoms with Crippen LogP contribution in [0.5, 0.6) is 0 Å². The van der Waals surface area contributed by atoms with Gasteiger partial charge in [-0.05, 0) is 45.7 Å². The normalized spacial score (nSPS) is 15.6. The van der Waals surface area contributed by atoms with E-state index in [0.29, 0.717) is 12.6 Å². The van der Waals surface area contributed by atoms with Crippen LogP contribution in [0.3, 0.4) is 0 Å². The van der Waals surface area contributed by atoms with E-state index < -0.39 is 5.41 Å². The fourth-order valence-electron chi connectivity index (χ4n) is 2.59. The van der Waals surface area contributed by atoms with Crippen molar-refractivity contribution in [1.82, 2.24) is 9.55 Å². The summed E-state index contributed by atoms with van der Waals surface area (Å²) in [7, 11) is 0. The van der Waals surface area contributed by atoms with Crippen LogP contribution >= 0.6 is 0 Å². The molecule has 1 aromatic carbocycles. The number of fused-ring (bicyclic) bond motifs is 1. The van der Waals surface area contributed by atoms with Crippen molar-refractivity contribution in [1.29, 1.82) is 0 Å². The lowest BCUT2D eigenvalue weighted by molar-refractivity contribution is -0.149. The third kappa shape index (κ3) is 1.99. The number of hydrogen-bond donors (Lipinski definition) is 0. The molecule has 2 aromatic rings. The minimum absolute atomic E-state index is 0.211. The molecule has 0 atom stereocenters. The molecular formula is C16H20N2O2. The maximum Gasteiger partial charge on any atom is 0.319 e. The highest BCUT2D eigenvalue weighted by molar-refractivity contribution is 5.84. The number of benzene rings is 1. The summed E-state index contributed by atoms with van der Waals surface area (Å²) in [5, 5.41) is 0. The molecule has 1 aliphatic rings.